The highest BCUT2D eigenvalue weighted by Crippen LogP contribution is 2.32. The molecule has 0 spiro atoms. The van der Waals surface area contributed by atoms with Gasteiger partial charge in [0.2, 0.25) is 0 Å². The zero-order valence-corrected chi connectivity index (χ0v) is 13.4. The third-order valence-corrected chi connectivity index (χ3v) is 4.28. The predicted octanol–water partition coefficient (Wildman–Crippen LogP) is 4.69. The van der Waals surface area contributed by atoms with Gasteiger partial charge in [-0.15, -0.1) is 0 Å². The summed E-state index contributed by atoms with van der Waals surface area (Å²) in [5.41, 5.74) is 2.40. The number of hydrogen-bond acceptors (Lipinski definition) is 4. The van der Waals surface area contributed by atoms with Crippen molar-refractivity contribution in [1.29, 1.82) is 0 Å². The van der Waals surface area contributed by atoms with Crippen LogP contribution in [-0.4, -0.2) is 18.1 Å². The Kier molecular flexibility index (Phi) is 4.74. The second-order valence-corrected chi connectivity index (χ2v) is 5.93. The van der Waals surface area contributed by atoms with Gasteiger partial charge in [0.15, 0.2) is 0 Å². The summed E-state index contributed by atoms with van der Waals surface area (Å²) < 4.78 is 4.90. The molecule has 0 amide bonds. The molecule has 0 unspecified atom stereocenters. The van der Waals surface area contributed by atoms with E-state index in [-0.39, 0.29) is 5.97 Å². The second-order valence-electron chi connectivity index (χ2n) is 4.84. The number of esters is 1. The molecule has 0 radical (unpaired) electrons. The molecule has 3 nitrogen and oxygen atoms in total. The largest absolute Gasteiger partial charge is 0.465 e. The van der Waals surface area contributed by atoms with Crippen LogP contribution in [0.1, 0.15) is 10.4 Å². The van der Waals surface area contributed by atoms with Crippen molar-refractivity contribution in [3.8, 4) is 11.1 Å². The van der Waals surface area contributed by atoms with E-state index in [2.05, 4.69) is 4.98 Å². The van der Waals surface area contributed by atoms with E-state index in [4.69, 9.17) is 4.74 Å². The molecule has 0 atom stereocenters. The number of benzene rings is 2. The highest BCUT2D eigenvalue weighted by atomic mass is 32.2. The fourth-order valence-corrected chi connectivity index (χ4v) is 3.07. The first-order valence-corrected chi connectivity index (χ1v) is 7.96. The van der Waals surface area contributed by atoms with E-state index in [1.807, 2.05) is 60.7 Å². The number of carbonyl (C=O) groups is 1. The van der Waals surface area contributed by atoms with Crippen molar-refractivity contribution in [2.45, 2.75) is 9.92 Å². The molecule has 23 heavy (non-hydrogen) atoms. The van der Waals surface area contributed by atoms with Crippen LogP contribution in [0.25, 0.3) is 11.1 Å². The van der Waals surface area contributed by atoms with E-state index >= 15 is 0 Å². The van der Waals surface area contributed by atoms with Gasteiger partial charge in [0.1, 0.15) is 5.03 Å². The molecule has 0 aliphatic heterocycles. The highest BCUT2D eigenvalue weighted by Gasteiger charge is 2.14. The molecule has 3 rings (SSSR count). The lowest BCUT2D eigenvalue weighted by Crippen LogP contribution is -2.03. The van der Waals surface area contributed by atoms with E-state index in [1.54, 1.807) is 24.0 Å². The summed E-state index contributed by atoms with van der Waals surface area (Å²) in [5, 5.41) is 0.914. The number of carbonyl (C=O) groups excluding carboxylic acids is 1. The molecule has 0 aliphatic rings. The number of methoxy groups -OCH3 is 1. The van der Waals surface area contributed by atoms with E-state index in [0.29, 0.717) is 5.56 Å². The lowest BCUT2D eigenvalue weighted by Gasteiger charge is -2.10. The van der Waals surface area contributed by atoms with Crippen molar-refractivity contribution in [2.24, 2.45) is 0 Å². The van der Waals surface area contributed by atoms with Crippen LogP contribution in [0.5, 0.6) is 0 Å². The summed E-state index contributed by atoms with van der Waals surface area (Å²) in [7, 11) is 1.40. The molecule has 1 heterocycles. The molecular formula is C19H15NO2S. The topological polar surface area (TPSA) is 39.2 Å². The number of hydrogen-bond donors (Lipinski definition) is 0. The minimum atomic E-state index is -0.335. The number of rotatable bonds is 4. The van der Waals surface area contributed by atoms with Crippen LogP contribution in [0.15, 0.2) is 82.8 Å². The van der Waals surface area contributed by atoms with Crippen LogP contribution in [0.3, 0.4) is 0 Å². The van der Waals surface area contributed by atoms with Gasteiger partial charge in [0, 0.05) is 11.1 Å². The first-order valence-electron chi connectivity index (χ1n) is 7.14. The molecule has 1 aromatic heterocycles. The van der Waals surface area contributed by atoms with E-state index in [0.717, 1.165) is 21.0 Å². The van der Waals surface area contributed by atoms with E-state index in [1.165, 1.54) is 7.11 Å². The van der Waals surface area contributed by atoms with Crippen LogP contribution < -0.4 is 0 Å². The van der Waals surface area contributed by atoms with Gasteiger partial charge in [-0.1, -0.05) is 48.2 Å². The van der Waals surface area contributed by atoms with Crippen molar-refractivity contribution >= 4 is 17.7 Å². The van der Waals surface area contributed by atoms with Gasteiger partial charge in [-0.3, -0.25) is 0 Å². The fourth-order valence-electron chi connectivity index (χ4n) is 2.26. The molecule has 4 heteroatoms. The SMILES string of the molecule is COC(=O)c1ccc(Sc2ccccn2)cc1-c1ccccc1. The Labute approximate surface area is 139 Å². The Morgan fingerprint density at radius 3 is 2.48 bits per heavy atom. The third kappa shape index (κ3) is 3.60. The molecule has 2 aromatic carbocycles. The molecule has 114 valence electrons. The van der Waals surface area contributed by atoms with Crippen molar-refractivity contribution < 1.29 is 9.53 Å². The second kappa shape index (κ2) is 7.11. The fraction of sp³-hybridized carbons (Fsp3) is 0.0526. The maximum atomic E-state index is 12.0. The highest BCUT2D eigenvalue weighted by molar-refractivity contribution is 7.99. The van der Waals surface area contributed by atoms with Crippen LogP contribution in [0.2, 0.25) is 0 Å². The summed E-state index contributed by atoms with van der Waals surface area (Å²) in [5.74, 6) is -0.335. The van der Waals surface area contributed by atoms with Gasteiger partial charge in [-0.25, -0.2) is 9.78 Å². The Morgan fingerprint density at radius 1 is 1.00 bits per heavy atom. The maximum Gasteiger partial charge on any atom is 0.338 e. The van der Waals surface area contributed by atoms with Crippen molar-refractivity contribution in [3.05, 3.63) is 78.5 Å². The van der Waals surface area contributed by atoms with Gasteiger partial charge in [-0.2, -0.15) is 0 Å². The monoisotopic (exact) mass is 321 g/mol. The molecule has 0 saturated heterocycles. The summed E-state index contributed by atoms with van der Waals surface area (Å²) in [6.07, 6.45) is 1.77. The van der Waals surface area contributed by atoms with Crippen molar-refractivity contribution in [3.63, 3.8) is 0 Å². The minimum absolute atomic E-state index is 0.335. The Bertz CT molecular complexity index is 804. The molecule has 0 bridgehead atoms. The molecule has 0 saturated carbocycles. The third-order valence-electron chi connectivity index (χ3n) is 3.34. The molecule has 0 fully saturated rings. The summed E-state index contributed by atoms with van der Waals surface area (Å²) in [6.45, 7) is 0. The quantitative estimate of drug-likeness (QED) is 0.654. The van der Waals surface area contributed by atoms with Crippen LogP contribution in [0, 0.1) is 0 Å². The average molecular weight is 321 g/mol. The number of pyridine rings is 1. The Hall–Kier alpha value is -2.59. The van der Waals surface area contributed by atoms with Crippen molar-refractivity contribution in [1.82, 2.24) is 4.98 Å². The summed E-state index contributed by atoms with van der Waals surface area (Å²) >= 11 is 1.56. The summed E-state index contributed by atoms with van der Waals surface area (Å²) in [4.78, 5) is 17.4. The van der Waals surface area contributed by atoms with E-state index in [9.17, 15) is 4.79 Å². The van der Waals surface area contributed by atoms with Gasteiger partial charge in [0.25, 0.3) is 0 Å². The first kappa shape index (κ1) is 15.3. The Balaban J connectivity index is 2.03. The van der Waals surface area contributed by atoms with Gasteiger partial charge >= 0.3 is 5.97 Å². The molecule has 0 aliphatic carbocycles. The molecule has 3 aromatic rings. The first-order chi connectivity index (χ1) is 11.3. The van der Waals surface area contributed by atoms with Crippen LogP contribution >= 0.6 is 11.8 Å². The smallest absolute Gasteiger partial charge is 0.338 e. The van der Waals surface area contributed by atoms with Gasteiger partial charge in [-0.05, 0) is 41.5 Å². The van der Waals surface area contributed by atoms with Crippen LogP contribution in [0.4, 0.5) is 0 Å². The van der Waals surface area contributed by atoms with Gasteiger partial charge in [0.05, 0.1) is 12.7 Å². The number of ether oxygens (including phenoxy) is 1. The van der Waals surface area contributed by atoms with Gasteiger partial charge < -0.3 is 4.74 Å². The molecular weight excluding hydrogens is 306 g/mol. The number of aromatic nitrogens is 1. The lowest BCUT2D eigenvalue weighted by molar-refractivity contribution is 0.0601. The van der Waals surface area contributed by atoms with Crippen molar-refractivity contribution in [2.75, 3.05) is 7.11 Å². The Morgan fingerprint density at radius 2 is 1.78 bits per heavy atom. The standard InChI is InChI=1S/C19H15NO2S/c1-22-19(21)16-11-10-15(23-18-9-5-6-12-20-18)13-17(16)14-7-3-2-4-8-14/h2-13H,1H3. The summed E-state index contributed by atoms with van der Waals surface area (Å²) in [6, 6.07) is 21.3. The van der Waals surface area contributed by atoms with E-state index < -0.39 is 0 Å². The molecule has 0 N–H and O–H groups in total. The minimum Gasteiger partial charge on any atom is -0.465 e. The number of nitrogens with zero attached hydrogens (tertiary/aromatic N) is 1. The maximum absolute atomic E-state index is 12.0. The average Bonchev–Trinajstić information content (AvgIpc) is 2.62. The normalized spacial score (nSPS) is 10.3. The predicted molar refractivity (Wildman–Crippen MR) is 91.6 cm³/mol. The zero-order valence-electron chi connectivity index (χ0n) is 12.6. The zero-order chi connectivity index (χ0) is 16.1. The van der Waals surface area contributed by atoms with Crippen LogP contribution in [-0.2, 0) is 4.74 Å². The lowest BCUT2D eigenvalue weighted by atomic mass is 10.00.